The molecular formula is C14H21NO. The highest BCUT2D eigenvalue weighted by Crippen LogP contribution is 2.23. The third-order valence-corrected chi connectivity index (χ3v) is 3.28. The smallest absolute Gasteiger partial charge is 0.119 e. The maximum atomic E-state index is 5.43. The molecule has 0 radical (unpaired) electrons. The molecule has 1 N–H and O–H groups in total. The molecule has 1 aliphatic carbocycles. The Labute approximate surface area is 98.0 Å². The third-order valence-electron chi connectivity index (χ3n) is 3.28. The Morgan fingerprint density at radius 2 is 2.00 bits per heavy atom. The maximum absolute atomic E-state index is 5.43. The normalized spacial score (nSPS) is 17.9. The molecule has 2 heteroatoms. The Kier molecular flexibility index (Phi) is 3.83. The Bertz CT molecular complexity index is 316. The molecule has 0 amide bonds. The van der Waals surface area contributed by atoms with Crippen molar-refractivity contribution < 1.29 is 4.74 Å². The first kappa shape index (κ1) is 11.5. The lowest BCUT2D eigenvalue weighted by Crippen LogP contribution is -2.36. The standard InChI is InChI=1S/C14H21NO/c1-3-16-14-9-7-12(8-10-14)11(2)15-13-5-4-6-13/h7-11,13,15H,3-6H2,1-2H3. The highest BCUT2D eigenvalue weighted by Gasteiger charge is 2.19. The van der Waals surface area contributed by atoms with Crippen LogP contribution in [0.15, 0.2) is 24.3 Å². The van der Waals surface area contributed by atoms with E-state index in [0.717, 1.165) is 18.4 Å². The quantitative estimate of drug-likeness (QED) is 0.820. The summed E-state index contributed by atoms with van der Waals surface area (Å²) in [5, 5.41) is 3.64. The van der Waals surface area contributed by atoms with Crippen LogP contribution in [0.3, 0.4) is 0 Å². The summed E-state index contributed by atoms with van der Waals surface area (Å²) in [5.41, 5.74) is 1.34. The number of ether oxygens (including phenoxy) is 1. The minimum Gasteiger partial charge on any atom is -0.494 e. The molecule has 1 atom stereocenters. The van der Waals surface area contributed by atoms with Crippen molar-refractivity contribution in [3.05, 3.63) is 29.8 Å². The number of hydrogen-bond donors (Lipinski definition) is 1. The van der Waals surface area contributed by atoms with Gasteiger partial charge in [-0.25, -0.2) is 0 Å². The van der Waals surface area contributed by atoms with Crippen LogP contribution >= 0.6 is 0 Å². The summed E-state index contributed by atoms with van der Waals surface area (Å²) >= 11 is 0. The van der Waals surface area contributed by atoms with E-state index < -0.39 is 0 Å². The van der Waals surface area contributed by atoms with Crippen LogP contribution in [0.4, 0.5) is 0 Å². The Balaban J connectivity index is 1.91. The minimum atomic E-state index is 0.445. The van der Waals surface area contributed by atoms with E-state index in [1.807, 2.05) is 6.92 Å². The monoisotopic (exact) mass is 219 g/mol. The average molecular weight is 219 g/mol. The van der Waals surface area contributed by atoms with Crippen LogP contribution in [0.25, 0.3) is 0 Å². The molecule has 1 saturated carbocycles. The molecule has 0 aromatic heterocycles. The molecule has 1 aliphatic rings. The summed E-state index contributed by atoms with van der Waals surface area (Å²) in [7, 11) is 0. The zero-order valence-electron chi connectivity index (χ0n) is 10.2. The van der Waals surface area contributed by atoms with E-state index >= 15 is 0 Å². The molecule has 16 heavy (non-hydrogen) atoms. The lowest BCUT2D eigenvalue weighted by Gasteiger charge is -2.30. The van der Waals surface area contributed by atoms with Gasteiger partial charge in [0.2, 0.25) is 0 Å². The van der Waals surface area contributed by atoms with Crippen molar-refractivity contribution in [1.29, 1.82) is 0 Å². The van der Waals surface area contributed by atoms with Gasteiger partial charge in [-0.15, -0.1) is 0 Å². The molecule has 0 heterocycles. The third kappa shape index (κ3) is 2.76. The first-order chi connectivity index (χ1) is 7.79. The highest BCUT2D eigenvalue weighted by atomic mass is 16.5. The summed E-state index contributed by atoms with van der Waals surface area (Å²) in [5.74, 6) is 0.960. The molecule has 0 saturated heterocycles. The first-order valence-corrected chi connectivity index (χ1v) is 6.28. The predicted molar refractivity (Wildman–Crippen MR) is 66.8 cm³/mol. The van der Waals surface area contributed by atoms with Crippen molar-refractivity contribution in [1.82, 2.24) is 5.32 Å². The van der Waals surface area contributed by atoms with Gasteiger partial charge < -0.3 is 10.1 Å². The summed E-state index contributed by atoms with van der Waals surface area (Å²) in [6.07, 6.45) is 4.05. The lowest BCUT2D eigenvalue weighted by molar-refractivity contribution is 0.313. The van der Waals surface area contributed by atoms with Gasteiger partial charge in [-0.05, 0) is 44.4 Å². The van der Waals surface area contributed by atoms with Gasteiger partial charge in [0.05, 0.1) is 6.61 Å². The Morgan fingerprint density at radius 1 is 1.31 bits per heavy atom. The molecular weight excluding hydrogens is 198 g/mol. The lowest BCUT2D eigenvalue weighted by atomic mass is 9.92. The zero-order chi connectivity index (χ0) is 11.4. The van der Waals surface area contributed by atoms with Crippen molar-refractivity contribution in [2.45, 2.75) is 45.2 Å². The van der Waals surface area contributed by atoms with Gasteiger partial charge in [-0.3, -0.25) is 0 Å². The van der Waals surface area contributed by atoms with E-state index in [1.54, 1.807) is 0 Å². The van der Waals surface area contributed by atoms with Crippen LogP contribution in [-0.4, -0.2) is 12.6 Å². The van der Waals surface area contributed by atoms with E-state index in [2.05, 4.69) is 36.5 Å². The molecule has 1 aromatic rings. The van der Waals surface area contributed by atoms with Crippen LogP contribution < -0.4 is 10.1 Å². The number of hydrogen-bond acceptors (Lipinski definition) is 2. The van der Waals surface area contributed by atoms with Gasteiger partial charge in [0.15, 0.2) is 0 Å². The predicted octanol–water partition coefficient (Wildman–Crippen LogP) is 3.29. The molecule has 0 spiro atoms. The SMILES string of the molecule is CCOc1ccc(C(C)NC2CCC2)cc1. The largest absolute Gasteiger partial charge is 0.494 e. The first-order valence-electron chi connectivity index (χ1n) is 6.28. The molecule has 2 rings (SSSR count). The van der Waals surface area contributed by atoms with Crippen molar-refractivity contribution in [3.63, 3.8) is 0 Å². The summed E-state index contributed by atoms with van der Waals surface area (Å²) in [4.78, 5) is 0. The number of nitrogens with one attached hydrogen (secondary N) is 1. The van der Waals surface area contributed by atoms with Gasteiger partial charge in [0, 0.05) is 12.1 Å². The second-order valence-corrected chi connectivity index (χ2v) is 4.52. The van der Waals surface area contributed by atoms with Gasteiger partial charge in [-0.2, -0.15) is 0 Å². The van der Waals surface area contributed by atoms with Gasteiger partial charge in [-0.1, -0.05) is 18.6 Å². The fourth-order valence-corrected chi connectivity index (χ4v) is 2.04. The summed E-state index contributed by atoms with van der Waals surface area (Å²) < 4.78 is 5.43. The highest BCUT2D eigenvalue weighted by molar-refractivity contribution is 5.29. The zero-order valence-corrected chi connectivity index (χ0v) is 10.2. The maximum Gasteiger partial charge on any atom is 0.119 e. The Hall–Kier alpha value is -1.02. The average Bonchev–Trinajstić information content (AvgIpc) is 2.25. The van der Waals surface area contributed by atoms with Gasteiger partial charge in [0.1, 0.15) is 5.75 Å². The topological polar surface area (TPSA) is 21.3 Å². The van der Waals surface area contributed by atoms with Crippen LogP contribution in [0.5, 0.6) is 5.75 Å². The minimum absolute atomic E-state index is 0.445. The summed E-state index contributed by atoms with van der Waals surface area (Å²) in [6, 6.07) is 9.60. The fourth-order valence-electron chi connectivity index (χ4n) is 2.04. The fraction of sp³-hybridized carbons (Fsp3) is 0.571. The molecule has 0 aliphatic heterocycles. The van der Waals surface area contributed by atoms with Crippen LogP contribution in [-0.2, 0) is 0 Å². The van der Waals surface area contributed by atoms with Crippen LogP contribution in [0.2, 0.25) is 0 Å². The van der Waals surface area contributed by atoms with Gasteiger partial charge in [0.25, 0.3) is 0 Å². The van der Waals surface area contributed by atoms with Crippen molar-refractivity contribution in [2.75, 3.05) is 6.61 Å². The van der Waals surface area contributed by atoms with Crippen LogP contribution in [0.1, 0.15) is 44.7 Å². The molecule has 88 valence electrons. The van der Waals surface area contributed by atoms with E-state index in [4.69, 9.17) is 4.74 Å². The number of rotatable bonds is 5. The summed E-state index contributed by atoms with van der Waals surface area (Å²) in [6.45, 7) is 4.97. The van der Waals surface area contributed by atoms with Crippen LogP contribution in [0, 0.1) is 0 Å². The van der Waals surface area contributed by atoms with E-state index in [1.165, 1.54) is 24.8 Å². The molecule has 1 fully saturated rings. The van der Waals surface area contributed by atoms with Gasteiger partial charge >= 0.3 is 0 Å². The molecule has 0 bridgehead atoms. The molecule has 2 nitrogen and oxygen atoms in total. The van der Waals surface area contributed by atoms with Crippen molar-refractivity contribution in [2.24, 2.45) is 0 Å². The van der Waals surface area contributed by atoms with Crippen molar-refractivity contribution >= 4 is 0 Å². The molecule has 1 aromatic carbocycles. The Morgan fingerprint density at radius 3 is 2.50 bits per heavy atom. The number of benzene rings is 1. The second kappa shape index (κ2) is 5.35. The second-order valence-electron chi connectivity index (χ2n) is 4.52. The molecule has 1 unspecified atom stereocenters. The van der Waals surface area contributed by atoms with E-state index in [-0.39, 0.29) is 0 Å². The van der Waals surface area contributed by atoms with E-state index in [0.29, 0.717) is 6.04 Å². The van der Waals surface area contributed by atoms with Crippen molar-refractivity contribution in [3.8, 4) is 5.75 Å². The van der Waals surface area contributed by atoms with E-state index in [9.17, 15) is 0 Å².